The van der Waals surface area contributed by atoms with E-state index in [-0.39, 0.29) is 34.3 Å². The van der Waals surface area contributed by atoms with Gasteiger partial charge in [-0.3, -0.25) is 14.4 Å². The summed E-state index contributed by atoms with van der Waals surface area (Å²) in [5.74, 6) is -1.92. The van der Waals surface area contributed by atoms with E-state index in [1.165, 1.54) is 36.7 Å². The fourth-order valence-corrected chi connectivity index (χ4v) is 3.12. The quantitative estimate of drug-likeness (QED) is 0.437. The normalized spacial score (nSPS) is 11.2. The summed E-state index contributed by atoms with van der Waals surface area (Å²) in [4.78, 5) is 43.2. The maximum absolute atomic E-state index is 13.2. The Morgan fingerprint density at radius 3 is 2.16 bits per heavy atom. The number of carbonyl (C=O) groups excluding carboxylic acids is 3. The third-order valence-corrected chi connectivity index (χ3v) is 4.71. The fraction of sp³-hybridized carbons (Fsp3) is 0.143. The Morgan fingerprint density at radius 1 is 1.00 bits per heavy atom. The summed E-state index contributed by atoms with van der Waals surface area (Å²) in [6, 6.07) is 8.72. The predicted molar refractivity (Wildman–Crippen MR) is 112 cm³/mol. The molecular formula is C21H16ClF3N4O3. The number of Topliss-reactive ketones (excluding diaryl/α,β-unsaturated/α-hetero) is 1. The van der Waals surface area contributed by atoms with Crippen molar-refractivity contribution in [1.29, 1.82) is 0 Å². The Morgan fingerprint density at radius 2 is 1.59 bits per heavy atom. The lowest BCUT2D eigenvalue weighted by Gasteiger charge is -2.14. The highest BCUT2D eigenvalue weighted by molar-refractivity contribution is 6.34. The minimum Gasteiger partial charge on any atom is -0.340 e. The zero-order valence-electron chi connectivity index (χ0n) is 16.5. The largest absolute Gasteiger partial charge is 0.417 e. The second-order valence-electron chi connectivity index (χ2n) is 6.55. The average molecular weight is 465 g/mol. The molecule has 0 aliphatic carbocycles. The third kappa shape index (κ3) is 4.97. The first kappa shape index (κ1) is 23.0. The number of aromatic amines is 1. The van der Waals surface area contributed by atoms with Crippen molar-refractivity contribution in [2.24, 2.45) is 0 Å². The Kier molecular flexibility index (Phi) is 6.64. The molecule has 166 valence electrons. The van der Waals surface area contributed by atoms with Crippen molar-refractivity contribution in [3.05, 3.63) is 76.3 Å². The molecule has 0 radical (unpaired) electrons. The Hall–Kier alpha value is -3.66. The lowest BCUT2D eigenvalue weighted by atomic mass is 10.1. The number of anilines is 2. The van der Waals surface area contributed by atoms with Crippen molar-refractivity contribution in [3.63, 3.8) is 0 Å². The van der Waals surface area contributed by atoms with Gasteiger partial charge in [0.2, 0.25) is 0 Å². The second-order valence-corrected chi connectivity index (χ2v) is 6.96. The second kappa shape index (κ2) is 9.23. The van der Waals surface area contributed by atoms with Crippen LogP contribution in [0.4, 0.5) is 24.5 Å². The van der Waals surface area contributed by atoms with E-state index in [0.717, 1.165) is 12.1 Å². The number of aromatic nitrogens is 2. The molecule has 0 fully saturated rings. The first-order chi connectivity index (χ1) is 15.1. The predicted octanol–water partition coefficient (Wildman–Crippen LogP) is 5.18. The van der Waals surface area contributed by atoms with E-state index in [9.17, 15) is 27.6 Å². The summed E-state index contributed by atoms with van der Waals surface area (Å²) >= 11 is 5.83. The smallest absolute Gasteiger partial charge is 0.340 e. The topological polar surface area (TPSA) is 104 Å². The van der Waals surface area contributed by atoms with Gasteiger partial charge in [0, 0.05) is 17.8 Å². The highest BCUT2D eigenvalue weighted by Crippen LogP contribution is 2.35. The maximum atomic E-state index is 13.2. The van der Waals surface area contributed by atoms with Gasteiger partial charge in [0.25, 0.3) is 11.8 Å². The van der Waals surface area contributed by atoms with Gasteiger partial charge >= 0.3 is 6.18 Å². The van der Waals surface area contributed by atoms with Crippen molar-refractivity contribution in [1.82, 2.24) is 9.97 Å². The van der Waals surface area contributed by atoms with Crippen molar-refractivity contribution in [2.45, 2.75) is 19.5 Å². The van der Waals surface area contributed by atoms with Gasteiger partial charge in [0.15, 0.2) is 5.78 Å². The van der Waals surface area contributed by atoms with Crippen LogP contribution in [-0.2, 0) is 6.18 Å². The molecule has 0 atom stereocenters. The Balaban J connectivity index is 1.74. The lowest BCUT2D eigenvalue weighted by molar-refractivity contribution is -0.137. The third-order valence-electron chi connectivity index (χ3n) is 4.40. The number of amides is 2. The van der Waals surface area contributed by atoms with E-state index in [1.54, 1.807) is 6.92 Å². The first-order valence-corrected chi connectivity index (χ1v) is 9.64. The van der Waals surface area contributed by atoms with Crippen LogP contribution < -0.4 is 10.6 Å². The fourth-order valence-electron chi connectivity index (χ4n) is 2.86. The molecule has 0 aliphatic heterocycles. The number of alkyl halides is 3. The van der Waals surface area contributed by atoms with Gasteiger partial charge in [-0.1, -0.05) is 24.6 Å². The molecule has 3 aromatic rings. The van der Waals surface area contributed by atoms with Gasteiger partial charge in [-0.05, 0) is 36.4 Å². The van der Waals surface area contributed by atoms with Gasteiger partial charge in [-0.2, -0.15) is 13.2 Å². The maximum Gasteiger partial charge on any atom is 0.417 e. The number of nitrogens with one attached hydrogen (secondary N) is 3. The molecule has 7 nitrogen and oxygen atoms in total. The molecule has 0 unspecified atom stereocenters. The molecule has 2 aromatic carbocycles. The van der Waals surface area contributed by atoms with E-state index >= 15 is 0 Å². The van der Waals surface area contributed by atoms with Crippen LogP contribution in [0.3, 0.4) is 0 Å². The van der Waals surface area contributed by atoms with Crippen molar-refractivity contribution < 1.29 is 27.6 Å². The molecule has 0 saturated carbocycles. The highest BCUT2D eigenvalue weighted by atomic mass is 35.5. The van der Waals surface area contributed by atoms with Crippen LogP contribution in [0.15, 0.2) is 48.8 Å². The van der Waals surface area contributed by atoms with Crippen molar-refractivity contribution in [3.8, 4) is 0 Å². The Labute approximate surface area is 185 Å². The van der Waals surface area contributed by atoms with Crippen molar-refractivity contribution >= 4 is 40.6 Å². The molecule has 3 N–H and O–H groups in total. The van der Waals surface area contributed by atoms with E-state index in [2.05, 4.69) is 20.6 Å². The molecule has 32 heavy (non-hydrogen) atoms. The van der Waals surface area contributed by atoms with E-state index in [0.29, 0.717) is 5.69 Å². The summed E-state index contributed by atoms with van der Waals surface area (Å²) in [7, 11) is 0. The van der Waals surface area contributed by atoms with Gasteiger partial charge in [0.05, 0.1) is 22.5 Å². The van der Waals surface area contributed by atoms with Gasteiger partial charge in [-0.15, -0.1) is 0 Å². The molecule has 0 spiro atoms. The van der Waals surface area contributed by atoms with Crippen LogP contribution in [-0.4, -0.2) is 27.6 Å². The Bertz CT molecular complexity index is 1170. The van der Waals surface area contributed by atoms with Gasteiger partial charge in [-0.25, -0.2) is 4.98 Å². The molecule has 3 rings (SSSR count). The summed E-state index contributed by atoms with van der Waals surface area (Å²) in [6.07, 6.45) is -3.34. The monoisotopic (exact) mass is 464 g/mol. The number of carbonyl (C=O) groups is 3. The first-order valence-electron chi connectivity index (χ1n) is 9.26. The number of hydrogen-bond acceptors (Lipinski definition) is 4. The molecule has 1 heterocycles. The van der Waals surface area contributed by atoms with E-state index in [1.807, 2.05) is 0 Å². The minimum absolute atomic E-state index is 0.00706. The van der Waals surface area contributed by atoms with E-state index < -0.39 is 29.1 Å². The number of ketones is 1. The number of nitrogens with zero attached hydrogens (tertiary/aromatic N) is 1. The number of halogens is 4. The van der Waals surface area contributed by atoms with E-state index in [4.69, 9.17) is 11.6 Å². The van der Waals surface area contributed by atoms with Crippen LogP contribution in [0.2, 0.25) is 5.02 Å². The van der Waals surface area contributed by atoms with Gasteiger partial charge in [0.1, 0.15) is 11.4 Å². The summed E-state index contributed by atoms with van der Waals surface area (Å²) < 4.78 is 39.6. The summed E-state index contributed by atoms with van der Waals surface area (Å²) in [6.45, 7) is 1.64. The molecule has 0 bridgehead atoms. The SMILES string of the molecule is CCC(=O)c1nc[nH]c1C(=O)Nc1ccc(NC(=O)c2c(Cl)cccc2C(F)(F)F)cc1. The number of benzene rings is 2. The van der Waals surface area contributed by atoms with Crippen LogP contribution in [0.5, 0.6) is 0 Å². The molecule has 2 amide bonds. The van der Waals surface area contributed by atoms with Crippen LogP contribution in [0.25, 0.3) is 0 Å². The zero-order valence-corrected chi connectivity index (χ0v) is 17.3. The number of rotatable bonds is 6. The van der Waals surface area contributed by atoms with Crippen LogP contribution >= 0.6 is 11.6 Å². The molecule has 11 heteroatoms. The molecule has 0 saturated heterocycles. The molecule has 0 aliphatic rings. The van der Waals surface area contributed by atoms with Gasteiger partial charge < -0.3 is 15.6 Å². The average Bonchev–Trinajstić information content (AvgIpc) is 3.23. The zero-order chi connectivity index (χ0) is 23.5. The van der Waals surface area contributed by atoms with Crippen LogP contribution in [0.1, 0.15) is 50.2 Å². The standard InChI is InChI=1S/C21H16ClF3N4O3/c1-2-15(30)17-18(27-10-26-17)20(32)29-12-8-6-11(7-9-12)28-19(31)16-13(21(23,24)25)4-3-5-14(16)22/h3-10H,2H2,1H3,(H,26,27)(H,28,31)(H,29,32). The summed E-state index contributed by atoms with van der Waals surface area (Å²) in [5.41, 5.74) is -1.30. The minimum atomic E-state index is -4.75. The van der Waals surface area contributed by atoms with Crippen molar-refractivity contribution in [2.75, 3.05) is 10.6 Å². The lowest BCUT2D eigenvalue weighted by Crippen LogP contribution is -2.19. The molecule has 1 aromatic heterocycles. The number of H-pyrrole nitrogens is 1. The van der Waals surface area contributed by atoms with Crippen LogP contribution in [0, 0.1) is 0 Å². The summed E-state index contributed by atoms with van der Waals surface area (Å²) in [5, 5.41) is 4.59. The highest BCUT2D eigenvalue weighted by Gasteiger charge is 2.36. The number of hydrogen-bond donors (Lipinski definition) is 3. The molecular weight excluding hydrogens is 449 g/mol. The number of imidazole rings is 1.